The maximum atomic E-state index is 11.0. The number of carbonyl (C=O) groups is 3. The van der Waals surface area contributed by atoms with E-state index in [4.69, 9.17) is 0 Å². The SMILES string of the molecule is C=C(C(=O)OC)C(O)c1ccncc1.C=CC(=O)OC.O=Cc1ccncc1. The molecule has 8 nitrogen and oxygen atoms in total. The molecule has 1 atom stereocenters. The second-order valence-corrected chi connectivity index (χ2v) is 4.83. The maximum absolute atomic E-state index is 11.0. The second-order valence-electron chi connectivity index (χ2n) is 4.83. The zero-order chi connectivity index (χ0) is 21.4. The van der Waals surface area contributed by atoms with Crippen molar-refractivity contribution >= 4 is 18.2 Å². The van der Waals surface area contributed by atoms with Crippen molar-refractivity contribution in [2.75, 3.05) is 14.2 Å². The molecule has 0 aliphatic carbocycles. The predicted molar refractivity (Wildman–Crippen MR) is 102 cm³/mol. The first-order chi connectivity index (χ1) is 13.4. The van der Waals surface area contributed by atoms with E-state index in [1.54, 1.807) is 36.7 Å². The van der Waals surface area contributed by atoms with E-state index >= 15 is 0 Å². The van der Waals surface area contributed by atoms with E-state index in [2.05, 4.69) is 32.6 Å². The molecule has 0 spiro atoms. The molecule has 0 radical (unpaired) electrons. The standard InChI is InChI=1S/C10H11NO3.C6H5NO.C4H6O2/c1-7(10(13)14-2)9(12)8-3-5-11-6-4-8;8-5-6-1-3-7-4-2-6;1-3-4(5)6-2/h3-6,9,12H,1H2,2H3;1-5H;3H,1H2,2H3. The van der Waals surface area contributed by atoms with E-state index in [0.29, 0.717) is 11.1 Å². The van der Waals surface area contributed by atoms with Gasteiger partial charge in [0.2, 0.25) is 0 Å². The van der Waals surface area contributed by atoms with Crippen LogP contribution >= 0.6 is 0 Å². The number of rotatable bonds is 5. The predicted octanol–water partition coefficient (Wildman–Crippen LogP) is 2.08. The fourth-order valence-electron chi connectivity index (χ4n) is 1.51. The Morgan fingerprint density at radius 1 is 1.04 bits per heavy atom. The highest BCUT2D eigenvalue weighted by Gasteiger charge is 2.18. The van der Waals surface area contributed by atoms with Gasteiger partial charge >= 0.3 is 11.9 Å². The Balaban J connectivity index is 0.000000439. The second kappa shape index (κ2) is 14.5. The molecule has 2 heterocycles. The van der Waals surface area contributed by atoms with Crippen LogP contribution in [0.25, 0.3) is 0 Å². The molecular formula is C20H22N2O6. The lowest BCUT2D eigenvalue weighted by Crippen LogP contribution is -2.11. The van der Waals surface area contributed by atoms with Crippen molar-refractivity contribution in [2.45, 2.75) is 6.10 Å². The molecule has 0 aromatic carbocycles. The first-order valence-corrected chi connectivity index (χ1v) is 7.81. The molecule has 0 aliphatic rings. The van der Waals surface area contributed by atoms with E-state index in [1.807, 2.05) is 0 Å². The van der Waals surface area contributed by atoms with Crippen molar-refractivity contribution in [3.63, 3.8) is 0 Å². The Morgan fingerprint density at radius 3 is 1.86 bits per heavy atom. The number of nitrogens with zero attached hydrogens (tertiary/aromatic N) is 2. The molecule has 2 aromatic heterocycles. The number of aromatic nitrogens is 2. The smallest absolute Gasteiger partial charge is 0.336 e. The molecule has 0 saturated carbocycles. The van der Waals surface area contributed by atoms with Crippen LogP contribution in [-0.2, 0) is 19.1 Å². The molecule has 0 amide bonds. The van der Waals surface area contributed by atoms with E-state index < -0.39 is 18.0 Å². The zero-order valence-corrected chi connectivity index (χ0v) is 15.6. The van der Waals surface area contributed by atoms with Crippen molar-refractivity contribution in [2.24, 2.45) is 0 Å². The Kier molecular flexibility index (Phi) is 12.6. The van der Waals surface area contributed by atoms with Gasteiger partial charge in [-0.05, 0) is 29.8 Å². The maximum Gasteiger partial charge on any atom is 0.336 e. The van der Waals surface area contributed by atoms with Gasteiger partial charge in [0, 0.05) is 36.4 Å². The summed E-state index contributed by atoms with van der Waals surface area (Å²) in [6.45, 7) is 6.61. The van der Waals surface area contributed by atoms with Crippen LogP contribution in [0.4, 0.5) is 0 Å². The van der Waals surface area contributed by atoms with Gasteiger partial charge in [-0.1, -0.05) is 13.2 Å². The molecular weight excluding hydrogens is 364 g/mol. The van der Waals surface area contributed by atoms with Gasteiger partial charge in [0.15, 0.2) is 0 Å². The summed E-state index contributed by atoms with van der Waals surface area (Å²) in [5.74, 6) is -1.01. The topological polar surface area (TPSA) is 116 Å². The first-order valence-electron chi connectivity index (χ1n) is 7.81. The number of hydrogen-bond acceptors (Lipinski definition) is 8. The van der Waals surface area contributed by atoms with Crippen LogP contribution in [-0.4, -0.2) is 47.5 Å². The lowest BCUT2D eigenvalue weighted by atomic mass is 10.0. The number of ether oxygens (including phenoxy) is 2. The molecule has 0 aliphatic heterocycles. The highest BCUT2D eigenvalue weighted by Crippen LogP contribution is 2.19. The Labute approximate surface area is 163 Å². The number of methoxy groups -OCH3 is 2. The van der Waals surface area contributed by atoms with Crippen LogP contribution in [0.5, 0.6) is 0 Å². The zero-order valence-electron chi connectivity index (χ0n) is 15.6. The number of esters is 2. The van der Waals surface area contributed by atoms with Gasteiger partial charge in [-0.3, -0.25) is 14.8 Å². The summed E-state index contributed by atoms with van der Waals surface area (Å²) in [7, 11) is 2.55. The number of pyridine rings is 2. The molecule has 0 fully saturated rings. The lowest BCUT2D eigenvalue weighted by molar-refractivity contribution is -0.137. The molecule has 2 aromatic rings. The summed E-state index contributed by atoms with van der Waals surface area (Å²) in [6, 6.07) is 6.54. The number of aliphatic hydroxyl groups excluding tert-OH is 1. The molecule has 8 heteroatoms. The molecule has 1 unspecified atom stereocenters. The Bertz CT molecular complexity index is 763. The van der Waals surface area contributed by atoms with Gasteiger partial charge in [-0.15, -0.1) is 0 Å². The van der Waals surface area contributed by atoms with Gasteiger partial charge in [-0.25, -0.2) is 9.59 Å². The fraction of sp³-hybridized carbons (Fsp3) is 0.150. The summed E-state index contributed by atoms with van der Waals surface area (Å²) in [6.07, 6.45) is 7.10. The number of aliphatic hydroxyl groups is 1. The van der Waals surface area contributed by atoms with Crippen molar-refractivity contribution in [3.8, 4) is 0 Å². The van der Waals surface area contributed by atoms with Crippen LogP contribution < -0.4 is 0 Å². The molecule has 28 heavy (non-hydrogen) atoms. The third kappa shape index (κ3) is 9.73. The quantitative estimate of drug-likeness (QED) is 0.472. The van der Waals surface area contributed by atoms with Crippen molar-refractivity contribution in [3.05, 3.63) is 85.0 Å². The molecule has 2 rings (SSSR count). The van der Waals surface area contributed by atoms with Crippen LogP contribution in [0, 0.1) is 0 Å². The van der Waals surface area contributed by atoms with E-state index in [-0.39, 0.29) is 5.57 Å². The van der Waals surface area contributed by atoms with E-state index in [1.165, 1.54) is 26.6 Å². The van der Waals surface area contributed by atoms with Crippen LogP contribution in [0.2, 0.25) is 0 Å². The summed E-state index contributed by atoms with van der Waals surface area (Å²) in [4.78, 5) is 38.4. The third-order valence-corrected chi connectivity index (χ3v) is 3.01. The highest BCUT2D eigenvalue weighted by molar-refractivity contribution is 5.88. The van der Waals surface area contributed by atoms with Crippen LogP contribution in [0.3, 0.4) is 0 Å². The fourth-order valence-corrected chi connectivity index (χ4v) is 1.51. The average molecular weight is 386 g/mol. The lowest BCUT2D eigenvalue weighted by Gasteiger charge is -2.11. The Hall–Kier alpha value is -3.65. The van der Waals surface area contributed by atoms with Crippen LogP contribution in [0.15, 0.2) is 73.9 Å². The van der Waals surface area contributed by atoms with Gasteiger partial charge < -0.3 is 14.6 Å². The summed E-state index contributed by atoms with van der Waals surface area (Å²) >= 11 is 0. The summed E-state index contributed by atoms with van der Waals surface area (Å²) in [5.41, 5.74) is 1.24. The highest BCUT2D eigenvalue weighted by atomic mass is 16.5. The first kappa shape index (κ1) is 24.4. The number of hydrogen-bond donors (Lipinski definition) is 1. The minimum atomic E-state index is -1.04. The summed E-state index contributed by atoms with van der Waals surface area (Å²) in [5, 5.41) is 9.66. The number of carbonyl (C=O) groups excluding carboxylic acids is 3. The number of aldehydes is 1. The minimum Gasteiger partial charge on any atom is -0.466 e. The summed E-state index contributed by atoms with van der Waals surface area (Å²) < 4.78 is 8.58. The van der Waals surface area contributed by atoms with Crippen molar-refractivity contribution < 1.29 is 29.0 Å². The normalized spacial score (nSPS) is 9.82. The van der Waals surface area contributed by atoms with Gasteiger partial charge in [-0.2, -0.15) is 0 Å². The van der Waals surface area contributed by atoms with E-state index in [0.717, 1.165) is 12.4 Å². The monoisotopic (exact) mass is 386 g/mol. The Morgan fingerprint density at radius 2 is 1.54 bits per heavy atom. The van der Waals surface area contributed by atoms with Crippen molar-refractivity contribution in [1.82, 2.24) is 9.97 Å². The van der Waals surface area contributed by atoms with Crippen molar-refractivity contribution in [1.29, 1.82) is 0 Å². The molecule has 148 valence electrons. The van der Waals surface area contributed by atoms with E-state index in [9.17, 15) is 19.5 Å². The largest absolute Gasteiger partial charge is 0.466 e. The molecule has 0 bridgehead atoms. The molecule has 1 N–H and O–H groups in total. The minimum absolute atomic E-state index is 0.0127. The third-order valence-electron chi connectivity index (χ3n) is 3.01. The average Bonchev–Trinajstić information content (AvgIpc) is 2.78. The van der Waals surface area contributed by atoms with Gasteiger partial charge in [0.25, 0.3) is 0 Å². The van der Waals surface area contributed by atoms with Gasteiger partial charge in [0.1, 0.15) is 12.4 Å². The van der Waals surface area contributed by atoms with Crippen LogP contribution in [0.1, 0.15) is 22.0 Å². The van der Waals surface area contributed by atoms with Gasteiger partial charge in [0.05, 0.1) is 19.8 Å². The molecule has 0 saturated heterocycles.